The second-order valence-electron chi connectivity index (χ2n) is 8.13. The fourth-order valence-corrected chi connectivity index (χ4v) is 3.78. The van der Waals surface area contributed by atoms with Crippen molar-refractivity contribution in [3.63, 3.8) is 0 Å². The predicted molar refractivity (Wildman–Crippen MR) is 126 cm³/mol. The van der Waals surface area contributed by atoms with Crippen molar-refractivity contribution in [2.45, 2.75) is 91.9 Å². The number of aliphatic hydroxyl groups excluding tert-OH is 1. The number of methoxy groups -OCH3 is 2. The smallest absolute Gasteiger partial charge is 0.203 e. The second kappa shape index (κ2) is 20.9. The van der Waals surface area contributed by atoms with E-state index in [4.69, 9.17) is 19.3 Å². The van der Waals surface area contributed by atoms with Gasteiger partial charge in [0.15, 0.2) is 11.5 Å². The zero-order valence-corrected chi connectivity index (χ0v) is 27.1. The normalized spacial score (nSPS) is 10.9. The van der Waals surface area contributed by atoms with Crippen molar-refractivity contribution < 1.29 is 84.7 Å². The van der Waals surface area contributed by atoms with Crippen molar-refractivity contribution in [2.24, 2.45) is 0 Å². The molecular formula is C26H44O4Y2. The molecule has 178 valence electrons. The summed E-state index contributed by atoms with van der Waals surface area (Å²) in [6.45, 7) is 9.60. The third kappa shape index (κ3) is 11.8. The summed E-state index contributed by atoms with van der Waals surface area (Å²) in [5, 5.41) is 8.81. The molecule has 0 spiro atoms. The third-order valence-corrected chi connectivity index (χ3v) is 5.92. The van der Waals surface area contributed by atoms with Crippen LogP contribution < -0.4 is 14.2 Å². The Morgan fingerprint density at radius 1 is 0.781 bits per heavy atom. The van der Waals surface area contributed by atoms with Gasteiger partial charge in [-0.25, -0.2) is 0 Å². The quantitative estimate of drug-likeness (QED) is 0.170. The number of aliphatic hydroxyl groups is 1. The molecular weight excluding hydrogens is 554 g/mol. The van der Waals surface area contributed by atoms with Crippen molar-refractivity contribution in [2.75, 3.05) is 27.4 Å². The summed E-state index contributed by atoms with van der Waals surface area (Å²) in [5.74, 6) is 2.30. The monoisotopic (exact) mass is 598 g/mol. The van der Waals surface area contributed by atoms with E-state index in [1.807, 2.05) is 0 Å². The molecule has 0 saturated carbocycles. The van der Waals surface area contributed by atoms with Crippen LogP contribution in [0.25, 0.3) is 0 Å². The summed E-state index contributed by atoms with van der Waals surface area (Å²) in [6, 6.07) is 0. The minimum Gasteiger partial charge on any atom is -0.492 e. The van der Waals surface area contributed by atoms with Crippen LogP contribution in [0.5, 0.6) is 17.2 Å². The van der Waals surface area contributed by atoms with Gasteiger partial charge in [-0.2, -0.15) is 0 Å². The van der Waals surface area contributed by atoms with Gasteiger partial charge in [0.25, 0.3) is 0 Å². The van der Waals surface area contributed by atoms with Crippen LogP contribution in [0.1, 0.15) is 88.3 Å². The molecule has 32 heavy (non-hydrogen) atoms. The first-order chi connectivity index (χ1) is 14.5. The maximum absolute atomic E-state index is 8.81. The van der Waals surface area contributed by atoms with Crippen LogP contribution in [-0.4, -0.2) is 32.5 Å². The maximum atomic E-state index is 8.81. The Bertz CT molecular complexity index is 660. The minimum atomic E-state index is 0. The molecule has 4 nitrogen and oxygen atoms in total. The van der Waals surface area contributed by atoms with Crippen molar-refractivity contribution in [3.8, 4) is 17.2 Å². The van der Waals surface area contributed by atoms with E-state index in [2.05, 4.69) is 33.8 Å². The molecule has 1 aromatic carbocycles. The predicted octanol–water partition coefficient (Wildman–Crippen LogP) is 6.71. The van der Waals surface area contributed by atoms with Gasteiger partial charge in [0.05, 0.1) is 20.8 Å². The molecule has 0 amide bonds. The molecule has 1 aromatic rings. The van der Waals surface area contributed by atoms with Crippen LogP contribution >= 0.6 is 0 Å². The first-order valence-corrected chi connectivity index (χ1v) is 11.6. The van der Waals surface area contributed by atoms with Crippen LogP contribution in [0.15, 0.2) is 11.6 Å². The minimum absolute atomic E-state index is 0. The third-order valence-electron chi connectivity index (χ3n) is 5.92. The molecule has 0 atom stereocenters. The molecule has 0 saturated heterocycles. The van der Waals surface area contributed by atoms with Gasteiger partial charge in [0.1, 0.15) is 0 Å². The number of hydrogen-bond donors (Lipinski definition) is 1. The number of ether oxygens (including phenoxy) is 3. The van der Waals surface area contributed by atoms with Gasteiger partial charge in [-0.3, -0.25) is 0 Å². The van der Waals surface area contributed by atoms with Gasteiger partial charge >= 0.3 is 0 Å². The van der Waals surface area contributed by atoms with E-state index in [9.17, 15) is 0 Å². The first kappa shape index (κ1) is 34.7. The second-order valence-corrected chi connectivity index (χ2v) is 8.13. The van der Waals surface area contributed by atoms with E-state index in [0.29, 0.717) is 19.0 Å². The molecule has 1 N–H and O–H groups in total. The first-order valence-electron chi connectivity index (χ1n) is 11.6. The van der Waals surface area contributed by atoms with Crippen molar-refractivity contribution in [1.29, 1.82) is 0 Å². The van der Waals surface area contributed by atoms with E-state index in [-0.39, 0.29) is 65.4 Å². The fraction of sp³-hybridized carbons (Fsp3) is 0.692. The van der Waals surface area contributed by atoms with E-state index in [0.717, 1.165) is 54.7 Å². The van der Waals surface area contributed by atoms with E-state index >= 15 is 0 Å². The summed E-state index contributed by atoms with van der Waals surface area (Å²) in [5.41, 5.74) is 4.93. The number of rotatable bonds is 16. The van der Waals surface area contributed by atoms with E-state index < -0.39 is 0 Å². The van der Waals surface area contributed by atoms with Gasteiger partial charge in [0, 0.05) is 72.0 Å². The standard InChI is InChI=1S/C26H44O4.2Y/c1-7-20(2)16-17-23-21(3)24(28-5)26(29-6)25(22(23)4)30-19-15-13-11-9-8-10-12-14-18-27;;/h16,27H,7-15,17-19H2,1-6H3;;/b20-16+;;. The van der Waals surface area contributed by atoms with Crippen molar-refractivity contribution >= 4 is 0 Å². The Hall–Kier alpha value is 0.528. The van der Waals surface area contributed by atoms with Crippen molar-refractivity contribution in [1.82, 2.24) is 0 Å². The van der Waals surface area contributed by atoms with E-state index in [1.54, 1.807) is 14.2 Å². The topological polar surface area (TPSA) is 47.9 Å². The molecule has 6 heteroatoms. The summed E-state index contributed by atoms with van der Waals surface area (Å²) < 4.78 is 17.6. The Labute approximate surface area is 247 Å². The summed E-state index contributed by atoms with van der Waals surface area (Å²) >= 11 is 0. The molecule has 0 heterocycles. The maximum Gasteiger partial charge on any atom is 0.203 e. The molecule has 0 fully saturated rings. The van der Waals surface area contributed by atoms with Crippen molar-refractivity contribution in [3.05, 3.63) is 28.3 Å². The zero-order valence-electron chi connectivity index (χ0n) is 21.4. The SMILES string of the molecule is CC/C(C)=C/Cc1c(C)c(OC)c(OC)c(OCCCCCCCCCCO)c1C.[Y].[Y]. The van der Waals surface area contributed by atoms with Gasteiger partial charge in [0.2, 0.25) is 5.75 Å². The number of hydrogen-bond acceptors (Lipinski definition) is 4. The molecule has 0 unspecified atom stereocenters. The van der Waals surface area contributed by atoms with Gasteiger partial charge < -0.3 is 19.3 Å². The molecule has 0 aliphatic carbocycles. The molecule has 0 aliphatic heterocycles. The molecule has 0 aliphatic rings. The van der Waals surface area contributed by atoms with Crippen LogP contribution in [0.2, 0.25) is 0 Å². The Morgan fingerprint density at radius 3 is 1.78 bits per heavy atom. The Morgan fingerprint density at radius 2 is 1.28 bits per heavy atom. The van der Waals surface area contributed by atoms with Crippen LogP contribution in [0, 0.1) is 13.8 Å². The van der Waals surface area contributed by atoms with Crippen LogP contribution in [-0.2, 0) is 71.8 Å². The summed E-state index contributed by atoms with van der Waals surface area (Å²) in [4.78, 5) is 0. The molecule has 0 bridgehead atoms. The average Bonchev–Trinajstić information content (AvgIpc) is 2.75. The average molecular weight is 598 g/mol. The molecule has 2 radical (unpaired) electrons. The number of allylic oxidation sites excluding steroid dienone is 2. The molecule has 1 rings (SSSR count). The van der Waals surface area contributed by atoms with E-state index in [1.165, 1.54) is 43.2 Å². The Balaban J connectivity index is 0. The number of benzene rings is 1. The fourth-order valence-electron chi connectivity index (χ4n) is 3.78. The number of unbranched alkanes of at least 4 members (excludes halogenated alkanes) is 7. The Kier molecular flexibility index (Phi) is 22.6. The summed E-state index contributed by atoms with van der Waals surface area (Å²) in [6.07, 6.45) is 13.5. The van der Waals surface area contributed by atoms with Gasteiger partial charge in [-0.1, -0.05) is 57.1 Å². The van der Waals surface area contributed by atoms with Crippen LogP contribution in [0.4, 0.5) is 0 Å². The van der Waals surface area contributed by atoms with Gasteiger partial charge in [-0.15, -0.1) is 0 Å². The summed E-state index contributed by atoms with van der Waals surface area (Å²) in [7, 11) is 3.38. The van der Waals surface area contributed by atoms with Gasteiger partial charge in [-0.05, 0) is 63.1 Å². The largest absolute Gasteiger partial charge is 0.492 e. The van der Waals surface area contributed by atoms with Crippen LogP contribution in [0.3, 0.4) is 0 Å². The zero-order chi connectivity index (χ0) is 22.4. The molecule has 0 aromatic heterocycles.